The van der Waals surface area contributed by atoms with Crippen molar-refractivity contribution in [2.75, 3.05) is 0 Å². The fourth-order valence-corrected chi connectivity index (χ4v) is 2.90. The summed E-state index contributed by atoms with van der Waals surface area (Å²) in [7, 11) is 0. The van der Waals surface area contributed by atoms with Crippen LogP contribution >= 0.6 is 0 Å². The van der Waals surface area contributed by atoms with Gasteiger partial charge in [0, 0.05) is 12.8 Å². The Kier molecular flexibility index (Phi) is 4.02. The second-order valence-corrected chi connectivity index (χ2v) is 5.50. The van der Waals surface area contributed by atoms with Gasteiger partial charge in [-0.1, -0.05) is 54.6 Å². The van der Waals surface area contributed by atoms with E-state index in [1.54, 1.807) is 0 Å². The first-order chi connectivity index (χ1) is 10.2. The Morgan fingerprint density at radius 1 is 1.10 bits per heavy atom. The number of nitrogens with one attached hydrogen (secondary N) is 1. The summed E-state index contributed by atoms with van der Waals surface area (Å²) in [6.45, 7) is 0. The Morgan fingerprint density at radius 2 is 1.81 bits per heavy atom. The molecule has 0 unspecified atom stereocenters. The van der Waals surface area contributed by atoms with E-state index in [4.69, 9.17) is 0 Å². The highest BCUT2D eigenvalue weighted by atomic mass is 16.3. The van der Waals surface area contributed by atoms with E-state index in [0.717, 1.165) is 23.1 Å². The summed E-state index contributed by atoms with van der Waals surface area (Å²) in [4.78, 5) is 12.1. The molecule has 0 bridgehead atoms. The number of aliphatic hydroxyl groups excluding tert-OH is 1. The first kappa shape index (κ1) is 13.8. The smallest absolute Gasteiger partial charge is 0.220 e. The van der Waals surface area contributed by atoms with Crippen molar-refractivity contribution < 1.29 is 9.90 Å². The van der Waals surface area contributed by atoms with Crippen molar-refractivity contribution in [2.45, 2.75) is 31.4 Å². The first-order valence-electron chi connectivity index (χ1n) is 7.33. The van der Waals surface area contributed by atoms with Crippen LogP contribution in [0.4, 0.5) is 0 Å². The molecule has 0 aliphatic heterocycles. The van der Waals surface area contributed by atoms with Gasteiger partial charge < -0.3 is 10.4 Å². The van der Waals surface area contributed by atoms with Crippen LogP contribution in [0.1, 0.15) is 29.2 Å². The van der Waals surface area contributed by atoms with E-state index in [2.05, 4.69) is 5.32 Å². The van der Waals surface area contributed by atoms with Crippen LogP contribution in [0.25, 0.3) is 0 Å². The fourth-order valence-electron chi connectivity index (χ4n) is 2.90. The molecule has 0 radical (unpaired) electrons. The van der Waals surface area contributed by atoms with Gasteiger partial charge in [0.05, 0.1) is 12.1 Å². The third-order valence-corrected chi connectivity index (χ3v) is 4.00. The van der Waals surface area contributed by atoms with Gasteiger partial charge in [0.1, 0.15) is 0 Å². The monoisotopic (exact) mass is 281 g/mol. The Bertz CT molecular complexity index is 624. The molecule has 2 atom stereocenters. The van der Waals surface area contributed by atoms with Gasteiger partial charge in [-0.15, -0.1) is 0 Å². The SMILES string of the molecule is O=C(CCc1ccccc1)N[C@H]1c2ccccc2C[C@@H]1O. The molecular formula is C18H19NO2. The van der Waals surface area contributed by atoms with Gasteiger partial charge in [-0.3, -0.25) is 4.79 Å². The largest absolute Gasteiger partial charge is 0.390 e. The molecule has 2 aromatic carbocycles. The topological polar surface area (TPSA) is 49.3 Å². The van der Waals surface area contributed by atoms with Crippen LogP contribution in [0, 0.1) is 0 Å². The molecule has 0 fully saturated rings. The Labute approximate surface area is 124 Å². The molecule has 0 saturated carbocycles. The van der Waals surface area contributed by atoms with Crippen molar-refractivity contribution in [3.05, 3.63) is 71.3 Å². The van der Waals surface area contributed by atoms with E-state index >= 15 is 0 Å². The van der Waals surface area contributed by atoms with Crippen molar-refractivity contribution in [1.29, 1.82) is 0 Å². The van der Waals surface area contributed by atoms with E-state index in [1.807, 2.05) is 54.6 Å². The molecule has 3 rings (SSSR count). The van der Waals surface area contributed by atoms with Crippen LogP contribution < -0.4 is 5.32 Å². The summed E-state index contributed by atoms with van der Waals surface area (Å²) in [5, 5.41) is 13.1. The van der Waals surface area contributed by atoms with Crippen molar-refractivity contribution in [3.63, 3.8) is 0 Å². The van der Waals surface area contributed by atoms with Gasteiger partial charge in [-0.05, 0) is 23.1 Å². The number of rotatable bonds is 4. The van der Waals surface area contributed by atoms with E-state index in [1.165, 1.54) is 0 Å². The van der Waals surface area contributed by atoms with Gasteiger partial charge in [-0.25, -0.2) is 0 Å². The predicted octanol–water partition coefficient (Wildman–Crippen LogP) is 2.39. The molecule has 0 saturated heterocycles. The lowest BCUT2D eigenvalue weighted by Gasteiger charge is -2.18. The van der Waals surface area contributed by atoms with Gasteiger partial charge in [-0.2, -0.15) is 0 Å². The van der Waals surface area contributed by atoms with Crippen molar-refractivity contribution in [1.82, 2.24) is 5.32 Å². The zero-order chi connectivity index (χ0) is 14.7. The van der Waals surface area contributed by atoms with Crippen LogP contribution in [0.5, 0.6) is 0 Å². The maximum absolute atomic E-state index is 12.1. The van der Waals surface area contributed by atoms with E-state index < -0.39 is 6.10 Å². The lowest BCUT2D eigenvalue weighted by molar-refractivity contribution is -0.122. The van der Waals surface area contributed by atoms with Crippen LogP contribution in [0.3, 0.4) is 0 Å². The predicted molar refractivity (Wildman–Crippen MR) is 81.8 cm³/mol. The second kappa shape index (κ2) is 6.10. The Balaban J connectivity index is 1.60. The molecule has 2 aromatic rings. The number of aliphatic hydroxyl groups is 1. The summed E-state index contributed by atoms with van der Waals surface area (Å²) >= 11 is 0. The minimum atomic E-state index is -0.525. The fraction of sp³-hybridized carbons (Fsp3) is 0.278. The van der Waals surface area contributed by atoms with Crippen LogP contribution in [-0.4, -0.2) is 17.1 Å². The zero-order valence-corrected chi connectivity index (χ0v) is 11.8. The van der Waals surface area contributed by atoms with E-state index in [-0.39, 0.29) is 11.9 Å². The molecule has 0 spiro atoms. The number of fused-ring (bicyclic) bond motifs is 1. The minimum absolute atomic E-state index is 0.0143. The van der Waals surface area contributed by atoms with Crippen molar-refractivity contribution in [2.24, 2.45) is 0 Å². The standard InChI is InChI=1S/C18H19NO2/c20-16-12-14-8-4-5-9-15(14)18(16)19-17(21)11-10-13-6-2-1-3-7-13/h1-9,16,18,20H,10-12H2,(H,19,21)/t16-,18-/m0/s1. The van der Waals surface area contributed by atoms with Crippen LogP contribution in [-0.2, 0) is 17.6 Å². The molecule has 21 heavy (non-hydrogen) atoms. The highest BCUT2D eigenvalue weighted by molar-refractivity contribution is 5.77. The molecule has 3 heteroatoms. The van der Waals surface area contributed by atoms with Gasteiger partial charge in [0.25, 0.3) is 0 Å². The van der Waals surface area contributed by atoms with Gasteiger partial charge in [0.15, 0.2) is 0 Å². The Morgan fingerprint density at radius 3 is 2.62 bits per heavy atom. The number of benzene rings is 2. The number of aryl methyl sites for hydroxylation is 1. The minimum Gasteiger partial charge on any atom is -0.390 e. The lowest BCUT2D eigenvalue weighted by atomic mass is 10.1. The average Bonchev–Trinajstić information content (AvgIpc) is 2.82. The average molecular weight is 281 g/mol. The van der Waals surface area contributed by atoms with Crippen LogP contribution in [0.2, 0.25) is 0 Å². The third kappa shape index (κ3) is 3.14. The molecule has 0 aromatic heterocycles. The zero-order valence-electron chi connectivity index (χ0n) is 11.8. The van der Waals surface area contributed by atoms with Crippen molar-refractivity contribution >= 4 is 5.91 Å². The molecule has 2 N–H and O–H groups in total. The lowest BCUT2D eigenvalue weighted by Crippen LogP contribution is -2.33. The summed E-state index contributed by atoms with van der Waals surface area (Å²) in [6, 6.07) is 17.6. The highest BCUT2D eigenvalue weighted by Crippen LogP contribution is 2.31. The number of hydrogen-bond acceptors (Lipinski definition) is 2. The maximum atomic E-state index is 12.1. The molecule has 0 heterocycles. The second-order valence-electron chi connectivity index (χ2n) is 5.50. The van der Waals surface area contributed by atoms with E-state index in [0.29, 0.717) is 12.8 Å². The summed E-state index contributed by atoms with van der Waals surface area (Å²) in [6.07, 6.45) is 1.25. The quantitative estimate of drug-likeness (QED) is 0.904. The molecule has 1 aliphatic rings. The molecule has 1 amide bonds. The number of carbonyl (C=O) groups is 1. The maximum Gasteiger partial charge on any atom is 0.220 e. The van der Waals surface area contributed by atoms with E-state index in [9.17, 15) is 9.90 Å². The summed E-state index contributed by atoms with van der Waals surface area (Å²) < 4.78 is 0. The third-order valence-electron chi connectivity index (χ3n) is 4.00. The first-order valence-corrected chi connectivity index (χ1v) is 7.33. The summed E-state index contributed by atoms with van der Waals surface area (Å²) in [5.74, 6) is -0.0143. The Hall–Kier alpha value is -2.13. The number of amides is 1. The molecule has 3 nitrogen and oxygen atoms in total. The number of carbonyl (C=O) groups excluding carboxylic acids is 1. The highest BCUT2D eigenvalue weighted by Gasteiger charge is 2.31. The number of hydrogen-bond donors (Lipinski definition) is 2. The molecular weight excluding hydrogens is 262 g/mol. The normalized spacial score (nSPS) is 20.0. The van der Waals surface area contributed by atoms with Gasteiger partial charge >= 0.3 is 0 Å². The molecule has 1 aliphatic carbocycles. The van der Waals surface area contributed by atoms with Gasteiger partial charge in [0.2, 0.25) is 5.91 Å². The molecule has 108 valence electrons. The summed E-state index contributed by atoms with van der Waals surface area (Å²) in [5.41, 5.74) is 3.32. The van der Waals surface area contributed by atoms with Crippen molar-refractivity contribution in [3.8, 4) is 0 Å². The van der Waals surface area contributed by atoms with Crippen LogP contribution in [0.15, 0.2) is 54.6 Å².